The van der Waals surface area contributed by atoms with Crippen LogP contribution in [0.25, 0.3) is 21.7 Å². The highest BCUT2D eigenvalue weighted by atomic mass is 32.2. The van der Waals surface area contributed by atoms with Crippen LogP contribution >= 0.6 is 23.1 Å². The third kappa shape index (κ3) is 2.70. The lowest BCUT2D eigenvalue weighted by atomic mass is 10.2. The predicted molar refractivity (Wildman–Crippen MR) is 95.5 cm³/mol. The minimum absolute atomic E-state index is 0.483. The molecule has 0 saturated carbocycles. The standard InChI is InChI=1S/C17H14N4OS2/c1-9-10(2)23-15-13(9)16(19-11(3)18-15)24-17-21-20-14(22-17)12-7-5-4-6-8-12/h4-8H,1-3H3. The van der Waals surface area contributed by atoms with Gasteiger partial charge >= 0.3 is 0 Å². The van der Waals surface area contributed by atoms with Crippen LogP contribution < -0.4 is 0 Å². The van der Waals surface area contributed by atoms with Crippen molar-refractivity contribution in [3.63, 3.8) is 0 Å². The van der Waals surface area contributed by atoms with Gasteiger partial charge in [0.05, 0.1) is 0 Å². The van der Waals surface area contributed by atoms with Gasteiger partial charge in [0.25, 0.3) is 5.22 Å². The summed E-state index contributed by atoms with van der Waals surface area (Å²) in [5.74, 6) is 1.26. The number of benzene rings is 1. The SMILES string of the molecule is Cc1nc(Sc2nnc(-c3ccccc3)o2)c2c(C)c(C)sc2n1. The molecule has 0 atom stereocenters. The first-order valence-corrected chi connectivity index (χ1v) is 9.06. The zero-order valence-electron chi connectivity index (χ0n) is 13.4. The molecule has 0 N–H and O–H groups in total. The number of aromatic nitrogens is 4. The fraction of sp³-hybridized carbons (Fsp3) is 0.176. The summed E-state index contributed by atoms with van der Waals surface area (Å²) in [6, 6.07) is 9.74. The fourth-order valence-corrected chi connectivity index (χ4v) is 4.46. The van der Waals surface area contributed by atoms with Crippen molar-refractivity contribution in [2.45, 2.75) is 31.0 Å². The molecule has 3 heterocycles. The van der Waals surface area contributed by atoms with Crippen molar-refractivity contribution in [1.29, 1.82) is 0 Å². The van der Waals surface area contributed by atoms with E-state index in [0.717, 1.165) is 26.6 Å². The Kier molecular flexibility index (Phi) is 3.82. The molecular weight excluding hydrogens is 340 g/mol. The van der Waals surface area contributed by atoms with Crippen molar-refractivity contribution in [2.24, 2.45) is 0 Å². The molecule has 0 spiro atoms. The van der Waals surface area contributed by atoms with Gasteiger partial charge in [0, 0.05) is 15.8 Å². The average molecular weight is 354 g/mol. The van der Waals surface area contributed by atoms with Gasteiger partial charge in [-0.1, -0.05) is 18.2 Å². The number of hydrogen-bond acceptors (Lipinski definition) is 7. The number of thiophene rings is 1. The molecule has 0 fully saturated rings. The first kappa shape index (κ1) is 15.3. The molecule has 120 valence electrons. The number of hydrogen-bond donors (Lipinski definition) is 0. The Balaban J connectivity index is 1.74. The van der Waals surface area contributed by atoms with E-state index in [1.54, 1.807) is 11.3 Å². The zero-order valence-corrected chi connectivity index (χ0v) is 15.0. The Bertz CT molecular complexity index is 1020. The molecule has 7 heteroatoms. The third-order valence-corrected chi connectivity index (χ3v) is 5.65. The van der Waals surface area contributed by atoms with E-state index in [2.05, 4.69) is 34.0 Å². The molecule has 4 rings (SSSR count). The van der Waals surface area contributed by atoms with Crippen molar-refractivity contribution in [3.8, 4) is 11.5 Å². The van der Waals surface area contributed by atoms with Crippen LogP contribution in [-0.2, 0) is 0 Å². The lowest BCUT2D eigenvalue weighted by Crippen LogP contribution is -1.91. The Morgan fingerprint density at radius 3 is 2.58 bits per heavy atom. The van der Waals surface area contributed by atoms with E-state index in [-0.39, 0.29) is 0 Å². The Labute approximate surface area is 147 Å². The summed E-state index contributed by atoms with van der Waals surface area (Å²) in [6.07, 6.45) is 0. The van der Waals surface area contributed by atoms with E-state index in [1.807, 2.05) is 37.3 Å². The van der Waals surface area contributed by atoms with Crippen LogP contribution in [-0.4, -0.2) is 20.2 Å². The molecule has 0 amide bonds. The van der Waals surface area contributed by atoms with Gasteiger partial charge in [-0.25, -0.2) is 9.97 Å². The van der Waals surface area contributed by atoms with Crippen LogP contribution in [0.3, 0.4) is 0 Å². The van der Waals surface area contributed by atoms with Gasteiger partial charge in [-0.15, -0.1) is 21.5 Å². The van der Waals surface area contributed by atoms with Crippen LogP contribution in [0.2, 0.25) is 0 Å². The van der Waals surface area contributed by atoms with Gasteiger partial charge in [0.2, 0.25) is 5.89 Å². The van der Waals surface area contributed by atoms with Crippen molar-refractivity contribution < 1.29 is 4.42 Å². The maximum absolute atomic E-state index is 5.79. The number of aryl methyl sites for hydroxylation is 3. The van der Waals surface area contributed by atoms with Crippen molar-refractivity contribution in [2.75, 3.05) is 0 Å². The van der Waals surface area contributed by atoms with Crippen LogP contribution in [0.1, 0.15) is 16.3 Å². The molecule has 0 unspecified atom stereocenters. The number of fused-ring (bicyclic) bond motifs is 1. The molecule has 4 aromatic rings. The highest BCUT2D eigenvalue weighted by Gasteiger charge is 2.17. The first-order chi connectivity index (χ1) is 11.6. The van der Waals surface area contributed by atoms with E-state index < -0.39 is 0 Å². The molecular formula is C17H14N4OS2. The van der Waals surface area contributed by atoms with Gasteiger partial charge in [0.1, 0.15) is 15.7 Å². The lowest BCUT2D eigenvalue weighted by Gasteiger charge is -2.02. The maximum Gasteiger partial charge on any atom is 0.283 e. The summed E-state index contributed by atoms with van der Waals surface area (Å²) in [5, 5.41) is 10.7. The van der Waals surface area contributed by atoms with Gasteiger partial charge in [-0.2, -0.15) is 0 Å². The molecule has 0 bridgehead atoms. The Hall–Kier alpha value is -2.25. The van der Waals surface area contributed by atoms with E-state index in [9.17, 15) is 0 Å². The summed E-state index contributed by atoms with van der Waals surface area (Å²) in [6.45, 7) is 6.10. The fourth-order valence-electron chi connectivity index (χ4n) is 2.42. The topological polar surface area (TPSA) is 64.7 Å². The van der Waals surface area contributed by atoms with Gasteiger partial charge in [-0.3, -0.25) is 0 Å². The molecule has 24 heavy (non-hydrogen) atoms. The summed E-state index contributed by atoms with van der Waals surface area (Å²) in [4.78, 5) is 11.4. The quantitative estimate of drug-likeness (QED) is 0.492. The number of nitrogens with zero attached hydrogens (tertiary/aromatic N) is 4. The summed E-state index contributed by atoms with van der Waals surface area (Å²) in [5.41, 5.74) is 2.11. The minimum atomic E-state index is 0.483. The second-order valence-corrected chi connectivity index (χ2v) is 7.52. The van der Waals surface area contributed by atoms with Crippen LogP contribution in [0, 0.1) is 20.8 Å². The van der Waals surface area contributed by atoms with Gasteiger partial charge in [0.15, 0.2) is 0 Å². The monoisotopic (exact) mass is 354 g/mol. The van der Waals surface area contributed by atoms with Gasteiger partial charge in [-0.05, 0) is 50.2 Å². The van der Waals surface area contributed by atoms with E-state index in [4.69, 9.17) is 4.42 Å². The van der Waals surface area contributed by atoms with E-state index in [1.165, 1.54) is 22.2 Å². The highest BCUT2D eigenvalue weighted by molar-refractivity contribution is 7.99. The van der Waals surface area contributed by atoms with Gasteiger partial charge < -0.3 is 4.42 Å². The highest BCUT2D eigenvalue weighted by Crippen LogP contribution is 2.38. The van der Waals surface area contributed by atoms with E-state index >= 15 is 0 Å². The lowest BCUT2D eigenvalue weighted by molar-refractivity contribution is 0.465. The summed E-state index contributed by atoms with van der Waals surface area (Å²) < 4.78 is 5.79. The van der Waals surface area contributed by atoms with Crippen LogP contribution in [0.5, 0.6) is 0 Å². The molecule has 0 aliphatic rings. The molecule has 0 saturated heterocycles. The normalized spacial score (nSPS) is 11.3. The third-order valence-electron chi connectivity index (χ3n) is 3.72. The Morgan fingerprint density at radius 2 is 1.79 bits per heavy atom. The van der Waals surface area contributed by atoms with Crippen molar-refractivity contribution in [1.82, 2.24) is 20.2 Å². The average Bonchev–Trinajstić information content (AvgIpc) is 3.13. The summed E-state index contributed by atoms with van der Waals surface area (Å²) >= 11 is 3.08. The molecule has 3 aromatic heterocycles. The zero-order chi connectivity index (χ0) is 16.7. The molecule has 1 aromatic carbocycles. The van der Waals surface area contributed by atoms with Crippen molar-refractivity contribution in [3.05, 3.63) is 46.6 Å². The molecule has 0 radical (unpaired) electrons. The smallest absolute Gasteiger partial charge is 0.283 e. The maximum atomic E-state index is 5.79. The summed E-state index contributed by atoms with van der Waals surface area (Å²) in [7, 11) is 0. The predicted octanol–water partition coefficient (Wildman–Crippen LogP) is 4.82. The molecule has 5 nitrogen and oxygen atoms in total. The first-order valence-electron chi connectivity index (χ1n) is 7.43. The molecule has 0 aliphatic carbocycles. The second-order valence-electron chi connectivity index (χ2n) is 5.38. The molecule has 0 aliphatic heterocycles. The largest absolute Gasteiger partial charge is 0.411 e. The van der Waals surface area contributed by atoms with Crippen LogP contribution in [0.4, 0.5) is 0 Å². The number of rotatable bonds is 3. The second kappa shape index (κ2) is 5.99. The van der Waals surface area contributed by atoms with Crippen molar-refractivity contribution >= 4 is 33.3 Å². The van der Waals surface area contributed by atoms with Crippen LogP contribution in [0.15, 0.2) is 45.0 Å². The minimum Gasteiger partial charge on any atom is -0.411 e. The van der Waals surface area contributed by atoms with E-state index in [0.29, 0.717) is 11.1 Å². The Morgan fingerprint density at radius 1 is 1.00 bits per heavy atom.